The number of fused-ring (bicyclic) bond motifs is 5. The number of amides is 1. The van der Waals surface area contributed by atoms with Gasteiger partial charge in [0.15, 0.2) is 5.65 Å². The minimum Gasteiger partial charge on any atom is -0.324 e. The van der Waals surface area contributed by atoms with Crippen molar-refractivity contribution in [3.05, 3.63) is 57.3 Å². The number of nitrogens with zero attached hydrogens (tertiary/aromatic N) is 4. The Morgan fingerprint density at radius 2 is 2.14 bits per heavy atom. The summed E-state index contributed by atoms with van der Waals surface area (Å²) in [6.07, 6.45) is 4.62. The molecule has 29 heavy (non-hydrogen) atoms. The van der Waals surface area contributed by atoms with Crippen LogP contribution in [-0.4, -0.2) is 25.1 Å². The Balaban J connectivity index is 1.52. The van der Waals surface area contributed by atoms with Crippen LogP contribution in [0.15, 0.2) is 35.4 Å². The fourth-order valence-corrected chi connectivity index (χ4v) is 5.22. The fraction of sp³-hybridized carbons (Fsp3) is 0.300. The second-order valence-electron chi connectivity index (χ2n) is 7.45. The van der Waals surface area contributed by atoms with Gasteiger partial charge in [-0.05, 0) is 55.0 Å². The minimum absolute atomic E-state index is 0.214. The normalized spacial score (nSPS) is 16.3. The van der Waals surface area contributed by atoms with E-state index in [4.69, 9.17) is 0 Å². The molecule has 7 nitrogen and oxygen atoms in total. The van der Waals surface area contributed by atoms with Gasteiger partial charge < -0.3 is 5.32 Å². The summed E-state index contributed by atoms with van der Waals surface area (Å²) < 4.78 is 15.8. The van der Waals surface area contributed by atoms with Gasteiger partial charge in [0.25, 0.3) is 0 Å². The highest BCUT2D eigenvalue weighted by molar-refractivity contribution is 7.19. The molecule has 0 aliphatic heterocycles. The van der Waals surface area contributed by atoms with E-state index in [1.165, 1.54) is 39.4 Å². The van der Waals surface area contributed by atoms with Gasteiger partial charge in [0.2, 0.25) is 5.91 Å². The van der Waals surface area contributed by atoms with Gasteiger partial charge in [-0.15, -0.1) is 11.3 Å². The Bertz CT molecular complexity index is 1300. The molecule has 3 aromatic heterocycles. The second-order valence-corrected chi connectivity index (χ2v) is 8.54. The van der Waals surface area contributed by atoms with E-state index in [1.807, 2.05) is 0 Å². The molecule has 1 N–H and O–H groups in total. The molecule has 1 atom stereocenters. The molecule has 0 spiro atoms. The maximum atomic E-state index is 13.0. The molecule has 1 aliphatic carbocycles. The number of anilines is 1. The molecule has 0 saturated carbocycles. The summed E-state index contributed by atoms with van der Waals surface area (Å²) in [5.74, 6) is -0.146. The first kappa shape index (κ1) is 18.0. The Morgan fingerprint density at radius 1 is 1.34 bits per heavy atom. The van der Waals surface area contributed by atoms with Crippen LogP contribution in [0.5, 0.6) is 0 Å². The highest BCUT2D eigenvalue weighted by atomic mass is 32.1. The standard InChI is InChI=1S/C20H18FN5O2S/c1-11-2-7-14-15(8-11)29-19-17(14)18-24-20(28)25(26(18)10-22-19)9-16(27)23-13-5-3-12(21)4-6-13/h3-6,10-11H,2,7-9H2,1H3,(H,23,27)/t11-/m0/s1. The molecule has 1 aliphatic rings. The van der Waals surface area contributed by atoms with E-state index >= 15 is 0 Å². The van der Waals surface area contributed by atoms with Gasteiger partial charge in [-0.3, -0.25) is 4.79 Å². The summed E-state index contributed by atoms with van der Waals surface area (Å²) in [4.78, 5) is 35.9. The molecule has 5 rings (SSSR count). The lowest BCUT2D eigenvalue weighted by Gasteiger charge is -2.17. The third-order valence-corrected chi connectivity index (χ3v) is 6.48. The number of aromatic nitrogens is 4. The van der Waals surface area contributed by atoms with Crippen LogP contribution in [0, 0.1) is 11.7 Å². The summed E-state index contributed by atoms with van der Waals surface area (Å²) in [6.45, 7) is 2.03. The number of halogens is 1. The summed E-state index contributed by atoms with van der Waals surface area (Å²) >= 11 is 1.66. The predicted molar refractivity (Wildman–Crippen MR) is 109 cm³/mol. The largest absolute Gasteiger partial charge is 0.365 e. The monoisotopic (exact) mass is 411 g/mol. The lowest BCUT2D eigenvalue weighted by atomic mass is 9.89. The molecule has 148 valence electrons. The summed E-state index contributed by atoms with van der Waals surface area (Å²) in [5.41, 5.74) is 1.73. The van der Waals surface area contributed by atoms with E-state index < -0.39 is 11.6 Å². The first-order valence-electron chi connectivity index (χ1n) is 9.43. The van der Waals surface area contributed by atoms with Gasteiger partial charge in [0.1, 0.15) is 23.5 Å². The molecule has 1 amide bonds. The fourth-order valence-electron chi connectivity index (χ4n) is 3.87. The van der Waals surface area contributed by atoms with Crippen LogP contribution >= 0.6 is 11.3 Å². The molecular formula is C20H18FN5O2S. The first-order chi connectivity index (χ1) is 14.0. The van der Waals surface area contributed by atoms with E-state index in [-0.39, 0.29) is 12.4 Å². The zero-order valence-electron chi connectivity index (χ0n) is 15.7. The number of benzene rings is 1. The summed E-state index contributed by atoms with van der Waals surface area (Å²) in [6, 6.07) is 5.46. The van der Waals surface area contributed by atoms with Crippen molar-refractivity contribution < 1.29 is 9.18 Å². The van der Waals surface area contributed by atoms with Crippen LogP contribution in [0.1, 0.15) is 23.8 Å². The van der Waals surface area contributed by atoms with Crippen molar-refractivity contribution in [1.82, 2.24) is 19.2 Å². The van der Waals surface area contributed by atoms with E-state index in [9.17, 15) is 14.0 Å². The Hall–Kier alpha value is -3.07. The number of nitrogens with one attached hydrogen (secondary N) is 1. The van der Waals surface area contributed by atoms with E-state index in [0.29, 0.717) is 17.3 Å². The minimum atomic E-state index is -0.502. The molecule has 4 aromatic rings. The van der Waals surface area contributed by atoms with Crippen molar-refractivity contribution in [3.63, 3.8) is 0 Å². The van der Waals surface area contributed by atoms with Crippen molar-refractivity contribution in [2.75, 3.05) is 5.32 Å². The summed E-state index contributed by atoms with van der Waals surface area (Å²) in [7, 11) is 0. The SMILES string of the molecule is C[C@H]1CCc2c(sc3ncn4c(nc(=O)n4CC(=O)Nc4ccc(F)cc4)c23)C1. The summed E-state index contributed by atoms with van der Waals surface area (Å²) in [5, 5.41) is 3.59. The van der Waals surface area contributed by atoms with Gasteiger partial charge in [-0.2, -0.15) is 4.98 Å². The second kappa shape index (κ2) is 6.77. The number of carbonyl (C=O) groups is 1. The van der Waals surface area contributed by atoms with E-state index in [0.717, 1.165) is 29.5 Å². The zero-order valence-corrected chi connectivity index (χ0v) is 16.5. The molecular weight excluding hydrogens is 393 g/mol. The molecule has 9 heteroatoms. The van der Waals surface area contributed by atoms with Gasteiger partial charge in [-0.25, -0.2) is 23.4 Å². The third kappa shape index (κ3) is 3.11. The highest BCUT2D eigenvalue weighted by Gasteiger charge is 2.24. The maximum Gasteiger partial charge on any atom is 0.365 e. The molecule has 0 saturated heterocycles. The lowest BCUT2D eigenvalue weighted by molar-refractivity contribution is -0.117. The van der Waals surface area contributed by atoms with E-state index in [2.05, 4.69) is 22.2 Å². The van der Waals surface area contributed by atoms with Crippen LogP contribution in [0.4, 0.5) is 10.1 Å². The molecule has 1 aromatic carbocycles. The Labute approximate surface area is 168 Å². The number of thiophene rings is 1. The number of rotatable bonds is 3. The van der Waals surface area contributed by atoms with E-state index in [1.54, 1.807) is 22.2 Å². The lowest BCUT2D eigenvalue weighted by Crippen LogP contribution is -2.28. The van der Waals surface area contributed by atoms with Crippen LogP contribution in [0.25, 0.3) is 15.9 Å². The average Bonchev–Trinajstić information content (AvgIpc) is 3.20. The first-order valence-corrected chi connectivity index (χ1v) is 10.2. The number of carbonyl (C=O) groups excluding carboxylic acids is 1. The van der Waals surface area contributed by atoms with Gasteiger partial charge in [0, 0.05) is 10.6 Å². The third-order valence-electron chi connectivity index (χ3n) is 5.32. The molecule has 0 radical (unpaired) electrons. The number of hydrogen-bond acceptors (Lipinski definition) is 5. The molecule has 0 bridgehead atoms. The smallest absolute Gasteiger partial charge is 0.324 e. The van der Waals surface area contributed by atoms with Gasteiger partial charge >= 0.3 is 5.69 Å². The Morgan fingerprint density at radius 3 is 2.93 bits per heavy atom. The number of hydrogen-bond donors (Lipinski definition) is 1. The maximum absolute atomic E-state index is 13.0. The van der Waals surface area contributed by atoms with Crippen LogP contribution < -0.4 is 11.0 Å². The number of aryl methyl sites for hydroxylation is 1. The molecule has 3 heterocycles. The van der Waals surface area contributed by atoms with Crippen molar-refractivity contribution in [2.45, 2.75) is 32.7 Å². The zero-order chi connectivity index (χ0) is 20.1. The highest BCUT2D eigenvalue weighted by Crippen LogP contribution is 2.38. The topological polar surface area (TPSA) is 81.3 Å². The van der Waals surface area contributed by atoms with Gasteiger partial charge in [0.05, 0.1) is 5.39 Å². The Kier molecular flexibility index (Phi) is 4.20. The van der Waals surface area contributed by atoms with Crippen LogP contribution in [-0.2, 0) is 24.2 Å². The predicted octanol–water partition coefficient (Wildman–Crippen LogP) is 3.01. The van der Waals surface area contributed by atoms with Crippen molar-refractivity contribution in [1.29, 1.82) is 0 Å². The van der Waals surface area contributed by atoms with Crippen molar-refractivity contribution in [3.8, 4) is 0 Å². The molecule has 0 fully saturated rings. The van der Waals surface area contributed by atoms with Crippen molar-refractivity contribution >= 4 is 38.8 Å². The quantitative estimate of drug-likeness (QED) is 0.562. The van der Waals surface area contributed by atoms with Crippen molar-refractivity contribution in [2.24, 2.45) is 5.92 Å². The molecule has 0 unspecified atom stereocenters. The van der Waals surface area contributed by atoms with Gasteiger partial charge in [-0.1, -0.05) is 6.92 Å². The van der Waals surface area contributed by atoms with Crippen LogP contribution in [0.3, 0.4) is 0 Å². The van der Waals surface area contributed by atoms with Crippen LogP contribution in [0.2, 0.25) is 0 Å². The average molecular weight is 411 g/mol.